The van der Waals surface area contributed by atoms with Gasteiger partial charge in [-0.15, -0.1) is 0 Å². The average Bonchev–Trinajstić information content (AvgIpc) is 2.60. The molecule has 0 aromatic heterocycles. The van der Waals surface area contributed by atoms with Gasteiger partial charge in [-0.25, -0.2) is 0 Å². The highest BCUT2D eigenvalue weighted by Gasteiger charge is 2.31. The lowest BCUT2D eigenvalue weighted by Gasteiger charge is -2.32. The summed E-state index contributed by atoms with van der Waals surface area (Å²) in [5.41, 5.74) is 0. The normalized spacial score (nSPS) is 12.0. The van der Waals surface area contributed by atoms with Gasteiger partial charge in [0.2, 0.25) is 0 Å². The Morgan fingerprint density at radius 2 is 0.760 bits per heavy atom. The zero-order valence-electron chi connectivity index (χ0n) is 17.7. The van der Waals surface area contributed by atoms with E-state index in [2.05, 4.69) is 6.92 Å². The van der Waals surface area contributed by atoms with E-state index in [1.165, 1.54) is 77.0 Å². The highest BCUT2D eigenvalue weighted by atomic mass is 16.9. The largest absolute Gasteiger partial charge is 0.328 e. The van der Waals surface area contributed by atoms with Crippen molar-refractivity contribution in [3.8, 4) is 0 Å². The molecule has 0 atom stereocenters. The lowest BCUT2D eigenvalue weighted by Crippen LogP contribution is -2.39. The van der Waals surface area contributed by atoms with Crippen molar-refractivity contribution in [2.45, 2.75) is 124 Å². The standard InChI is InChI=1S/C22H46O3/c1-5-9-10-11-12-13-14-15-16-17-18-19-20-21-22(23-6-2,24-7-3)25-8-4/h5-21H2,1-4H3. The van der Waals surface area contributed by atoms with Crippen LogP contribution in [0.3, 0.4) is 0 Å². The molecule has 3 heteroatoms. The van der Waals surface area contributed by atoms with E-state index in [0.717, 1.165) is 12.8 Å². The van der Waals surface area contributed by atoms with Crippen LogP contribution in [0.2, 0.25) is 0 Å². The van der Waals surface area contributed by atoms with Crippen molar-refractivity contribution < 1.29 is 14.2 Å². The molecular formula is C22H46O3. The lowest BCUT2D eigenvalue weighted by molar-refractivity contribution is -0.380. The summed E-state index contributed by atoms with van der Waals surface area (Å²) >= 11 is 0. The van der Waals surface area contributed by atoms with Crippen molar-refractivity contribution in [3.63, 3.8) is 0 Å². The third-order valence-corrected chi connectivity index (χ3v) is 4.68. The fraction of sp³-hybridized carbons (Fsp3) is 1.00. The Morgan fingerprint density at radius 3 is 1.08 bits per heavy atom. The second-order valence-corrected chi connectivity index (χ2v) is 6.97. The summed E-state index contributed by atoms with van der Waals surface area (Å²) in [6.07, 6.45) is 18.6. The molecule has 0 rings (SSSR count). The number of unbranched alkanes of at least 4 members (excludes halogenated alkanes) is 12. The zero-order valence-corrected chi connectivity index (χ0v) is 17.7. The molecule has 0 aromatic rings. The smallest absolute Gasteiger partial charge is 0.282 e. The zero-order chi connectivity index (χ0) is 18.6. The van der Waals surface area contributed by atoms with Crippen LogP contribution in [0, 0.1) is 0 Å². The van der Waals surface area contributed by atoms with Gasteiger partial charge in [-0.1, -0.05) is 84.0 Å². The summed E-state index contributed by atoms with van der Waals surface area (Å²) in [6, 6.07) is 0. The molecule has 0 heterocycles. The van der Waals surface area contributed by atoms with Crippen LogP contribution in [0.15, 0.2) is 0 Å². The van der Waals surface area contributed by atoms with E-state index in [-0.39, 0.29) is 0 Å². The molecule has 0 radical (unpaired) electrons. The third kappa shape index (κ3) is 14.7. The minimum atomic E-state index is -0.809. The van der Waals surface area contributed by atoms with Gasteiger partial charge in [-0.3, -0.25) is 0 Å². The molecule has 0 saturated carbocycles. The molecule has 0 N–H and O–H groups in total. The summed E-state index contributed by atoms with van der Waals surface area (Å²) in [7, 11) is 0. The predicted octanol–water partition coefficient (Wildman–Crippen LogP) is 7.23. The number of rotatable bonds is 20. The maximum Gasteiger partial charge on any atom is 0.282 e. The minimum Gasteiger partial charge on any atom is -0.328 e. The van der Waals surface area contributed by atoms with E-state index >= 15 is 0 Å². The average molecular weight is 359 g/mol. The minimum absolute atomic E-state index is 0.623. The van der Waals surface area contributed by atoms with E-state index in [4.69, 9.17) is 14.2 Å². The van der Waals surface area contributed by atoms with Crippen LogP contribution in [0.5, 0.6) is 0 Å². The summed E-state index contributed by atoms with van der Waals surface area (Å²) in [6.45, 7) is 10.1. The first-order valence-electron chi connectivity index (χ1n) is 11.2. The second-order valence-electron chi connectivity index (χ2n) is 6.97. The molecule has 0 bridgehead atoms. The molecule has 3 nitrogen and oxygen atoms in total. The van der Waals surface area contributed by atoms with Crippen LogP contribution in [-0.4, -0.2) is 25.8 Å². The van der Waals surface area contributed by atoms with Crippen molar-refractivity contribution in [1.29, 1.82) is 0 Å². The molecule has 0 aliphatic carbocycles. The molecule has 0 saturated heterocycles. The summed E-state index contributed by atoms with van der Waals surface area (Å²) in [5, 5.41) is 0. The van der Waals surface area contributed by atoms with Crippen LogP contribution < -0.4 is 0 Å². The summed E-state index contributed by atoms with van der Waals surface area (Å²) in [4.78, 5) is 0. The number of ether oxygens (including phenoxy) is 3. The quantitative estimate of drug-likeness (QED) is 0.170. The van der Waals surface area contributed by atoms with Gasteiger partial charge in [0.15, 0.2) is 0 Å². The molecule has 0 amide bonds. The van der Waals surface area contributed by atoms with Gasteiger partial charge in [-0.05, 0) is 27.2 Å². The third-order valence-electron chi connectivity index (χ3n) is 4.68. The van der Waals surface area contributed by atoms with E-state index in [9.17, 15) is 0 Å². The lowest BCUT2D eigenvalue weighted by atomic mass is 10.0. The van der Waals surface area contributed by atoms with Crippen LogP contribution in [0.1, 0.15) is 118 Å². The Morgan fingerprint density at radius 1 is 0.440 bits per heavy atom. The van der Waals surface area contributed by atoms with Crippen LogP contribution in [0.4, 0.5) is 0 Å². The summed E-state index contributed by atoms with van der Waals surface area (Å²) in [5.74, 6) is -0.809. The second kappa shape index (κ2) is 18.7. The van der Waals surface area contributed by atoms with Gasteiger partial charge in [-0.2, -0.15) is 0 Å². The van der Waals surface area contributed by atoms with Crippen molar-refractivity contribution in [2.75, 3.05) is 19.8 Å². The topological polar surface area (TPSA) is 27.7 Å². The SMILES string of the molecule is CCCCCCCCCCCCCCCC(OCC)(OCC)OCC. The van der Waals surface area contributed by atoms with E-state index in [0.29, 0.717) is 19.8 Å². The molecular weight excluding hydrogens is 312 g/mol. The first-order chi connectivity index (χ1) is 12.2. The Kier molecular flexibility index (Phi) is 18.6. The Labute approximate surface area is 158 Å². The maximum atomic E-state index is 5.77. The van der Waals surface area contributed by atoms with Crippen LogP contribution in [-0.2, 0) is 14.2 Å². The van der Waals surface area contributed by atoms with Crippen LogP contribution >= 0.6 is 0 Å². The van der Waals surface area contributed by atoms with Crippen molar-refractivity contribution in [1.82, 2.24) is 0 Å². The number of hydrogen-bond acceptors (Lipinski definition) is 3. The first-order valence-corrected chi connectivity index (χ1v) is 11.2. The highest BCUT2D eigenvalue weighted by molar-refractivity contribution is 4.59. The van der Waals surface area contributed by atoms with Crippen molar-refractivity contribution >= 4 is 0 Å². The van der Waals surface area contributed by atoms with Gasteiger partial charge in [0.25, 0.3) is 5.97 Å². The molecule has 0 unspecified atom stereocenters. The molecule has 0 aliphatic heterocycles. The Hall–Kier alpha value is -0.120. The Balaban J connectivity index is 3.56. The molecule has 0 fully saturated rings. The van der Waals surface area contributed by atoms with Crippen molar-refractivity contribution in [2.24, 2.45) is 0 Å². The van der Waals surface area contributed by atoms with Gasteiger partial charge < -0.3 is 14.2 Å². The molecule has 0 aromatic carbocycles. The van der Waals surface area contributed by atoms with Gasteiger partial charge >= 0.3 is 0 Å². The van der Waals surface area contributed by atoms with E-state index in [1.54, 1.807) is 0 Å². The number of hydrogen-bond donors (Lipinski definition) is 0. The summed E-state index contributed by atoms with van der Waals surface area (Å²) < 4.78 is 17.3. The maximum absolute atomic E-state index is 5.77. The van der Waals surface area contributed by atoms with Crippen molar-refractivity contribution in [3.05, 3.63) is 0 Å². The monoisotopic (exact) mass is 358 g/mol. The van der Waals surface area contributed by atoms with Gasteiger partial charge in [0, 0.05) is 26.2 Å². The molecule has 25 heavy (non-hydrogen) atoms. The van der Waals surface area contributed by atoms with E-state index < -0.39 is 5.97 Å². The fourth-order valence-corrected chi connectivity index (χ4v) is 3.36. The predicted molar refractivity (Wildman–Crippen MR) is 108 cm³/mol. The first kappa shape index (κ1) is 24.9. The van der Waals surface area contributed by atoms with Gasteiger partial charge in [0.1, 0.15) is 0 Å². The fourth-order valence-electron chi connectivity index (χ4n) is 3.36. The molecule has 0 spiro atoms. The van der Waals surface area contributed by atoms with Gasteiger partial charge in [0.05, 0.1) is 0 Å². The molecule has 152 valence electrons. The Bertz CT molecular complexity index is 239. The molecule has 0 aliphatic rings. The van der Waals surface area contributed by atoms with E-state index in [1.807, 2.05) is 20.8 Å². The van der Waals surface area contributed by atoms with Crippen LogP contribution in [0.25, 0.3) is 0 Å². The highest BCUT2D eigenvalue weighted by Crippen LogP contribution is 2.24.